The fourth-order valence-electron chi connectivity index (χ4n) is 5.66. The molecule has 0 aromatic heterocycles. The van der Waals surface area contributed by atoms with Gasteiger partial charge in [-0.15, -0.1) is 0 Å². The van der Waals surface area contributed by atoms with Crippen LogP contribution in [0, 0.1) is 11.7 Å². The highest BCUT2D eigenvalue weighted by Gasteiger charge is 2.48. The van der Waals surface area contributed by atoms with Crippen molar-refractivity contribution in [1.82, 2.24) is 0 Å². The third-order valence-electron chi connectivity index (χ3n) is 7.62. The van der Waals surface area contributed by atoms with E-state index < -0.39 is 6.10 Å². The van der Waals surface area contributed by atoms with Gasteiger partial charge in [0, 0.05) is 24.4 Å². The van der Waals surface area contributed by atoms with E-state index in [4.69, 9.17) is 9.47 Å². The molecule has 37 heavy (non-hydrogen) atoms. The third-order valence-corrected chi connectivity index (χ3v) is 7.62. The maximum Gasteiger partial charge on any atom is 0.415 e. The van der Waals surface area contributed by atoms with Crippen LogP contribution in [0.3, 0.4) is 0 Å². The highest BCUT2D eigenvalue weighted by Crippen LogP contribution is 2.36. The molecule has 7 heteroatoms. The van der Waals surface area contributed by atoms with Crippen molar-refractivity contribution in [3.63, 3.8) is 0 Å². The number of carbonyl (C=O) groups excluding carboxylic acids is 1. The summed E-state index contributed by atoms with van der Waals surface area (Å²) < 4.78 is 25.7. The first kappa shape index (κ1) is 25.2. The zero-order valence-electron chi connectivity index (χ0n) is 20.9. The van der Waals surface area contributed by atoms with E-state index in [1.807, 2.05) is 60.7 Å². The van der Waals surface area contributed by atoms with Crippen LogP contribution in [0.5, 0.6) is 5.75 Å². The Morgan fingerprint density at radius 3 is 2.30 bits per heavy atom. The second-order valence-corrected chi connectivity index (χ2v) is 10.2. The number of para-hydroxylation sites is 1. The monoisotopic (exact) mass is 505 g/mol. The first-order valence-corrected chi connectivity index (χ1v) is 13.0. The lowest BCUT2D eigenvalue weighted by atomic mass is 9.83. The lowest BCUT2D eigenvalue weighted by Gasteiger charge is -2.52. The summed E-state index contributed by atoms with van der Waals surface area (Å²) in [7, 11) is 0. The number of amides is 1. The molecule has 3 aliphatic heterocycles. The molecule has 3 fully saturated rings. The number of hydrogen-bond donors (Lipinski definition) is 1. The van der Waals surface area contributed by atoms with E-state index in [2.05, 4.69) is 0 Å². The van der Waals surface area contributed by atoms with Gasteiger partial charge in [-0.2, -0.15) is 0 Å². The summed E-state index contributed by atoms with van der Waals surface area (Å²) in [5.74, 6) is 0.549. The van der Waals surface area contributed by atoms with Gasteiger partial charge >= 0.3 is 6.09 Å². The Morgan fingerprint density at radius 1 is 0.973 bits per heavy atom. The van der Waals surface area contributed by atoms with Crippen molar-refractivity contribution >= 4 is 11.8 Å². The number of anilines is 1. The van der Waals surface area contributed by atoms with Gasteiger partial charge in [0.15, 0.2) is 6.10 Å². The highest BCUT2D eigenvalue weighted by molar-refractivity contribution is 5.87. The quantitative estimate of drug-likeness (QED) is 0.415. The number of quaternary nitrogens is 1. The molecule has 6 nitrogen and oxygen atoms in total. The Kier molecular flexibility index (Phi) is 7.72. The van der Waals surface area contributed by atoms with Crippen LogP contribution in [-0.2, 0) is 11.3 Å². The second-order valence-electron chi connectivity index (χ2n) is 10.2. The van der Waals surface area contributed by atoms with Crippen LogP contribution in [0.15, 0.2) is 84.9 Å². The fourth-order valence-corrected chi connectivity index (χ4v) is 5.66. The number of aliphatic hydroxyl groups excluding tert-OH is 1. The Labute approximate surface area is 217 Å². The van der Waals surface area contributed by atoms with Crippen LogP contribution >= 0.6 is 0 Å². The third kappa shape index (κ3) is 6.29. The van der Waals surface area contributed by atoms with Crippen molar-refractivity contribution in [3.05, 3.63) is 96.3 Å². The normalized spacial score (nSPS) is 23.3. The molecule has 3 aromatic carbocycles. The molecule has 6 rings (SSSR count). The van der Waals surface area contributed by atoms with Crippen LogP contribution in [-0.4, -0.2) is 60.7 Å². The second kappa shape index (κ2) is 11.3. The molecule has 0 saturated carbocycles. The minimum Gasteiger partial charge on any atom is -0.491 e. The number of carbonyl (C=O) groups is 1. The lowest BCUT2D eigenvalue weighted by Crippen LogP contribution is -2.66. The zero-order valence-corrected chi connectivity index (χ0v) is 20.9. The van der Waals surface area contributed by atoms with E-state index in [1.165, 1.54) is 12.1 Å². The number of aliphatic hydroxyl groups is 1. The van der Waals surface area contributed by atoms with Gasteiger partial charge in [0.25, 0.3) is 0 Å². The molecule has 1 N–H and O–H groups in total. The molecule has 1 amide bonds. The molecule has 2 unspecified atom stereocenters. The van der Waals surface area contributed by atoms with Gasteiger partial charge in [-0.3, -0.25) is 4.90 Å². The molecule has 0 spiro atoms. The molecule has 3 aliphatic rings. The van der Waals surface area contributed by atoms with Crippen LogP contribution in [0.4, 0.5) is 14.9 Å². The van der Waals surface area contributed by atoms with Crippen LogP contribution < -0.4 is 9.64 Å². The van der Waals surface area contributed by atoms with Gasteiger partial charge in [0.1, 0.15) is 37.4 Å². The van der Waals surface area contributed by atoms with Crippen molar-refractivity contribution in [1.29, 1.82) is 0 Å². The highest BCUT2D eigenvalue weighted by atomic mass is 19.1. The summed E-state index contributed by atoms with van der Waals surface area (Å²) in [5, 5.41) is 10.8. The van der Waals surface area contributed by atoms with E-state index in [0.29, 0.717) is 35.8 Å². The Morgan fingerprint density at radius 2 is 1.62 bits per heavy atom. The SMILES string of the molecule is O=C(OC1C[N+]2(CC(O)COc3ccc(F)cc3)CCC1CC2)N(Cc1ccccc1)c1ccccc1. The van der Waals surface area contributed by atoms with Gasteiger partial charge in [-0.1, -0.05) is 48.5 Å². The van der Waals surface area contributed by atoms with E-state index in [1.54, 1.807) is 17.0 Å². The lowest BCUT2D eigenvalue weighted by molar-refractivity contribution is -0.948. The molecule has 0 radical (unpaired) electrons. The molecule has 3 aromatic rings. The number of fused-ring (bicyclic) bond motifs is 3. The molecular weight excluding hydrogens is 471 g/mol. The van der Waals surface area contributed by atoms with Crippen molar-refractivity contribution in [2.45, 2.75) is 31.6 Å². The minimum atomic E-state index is -0.671. The summed E-state index contributed by atoms with van der Waals surface area (Å²) in [6, 6.07) is 25.3. The Balaban J connectivity index is 1.23. The zero-order chi connectivity index (χ0) is 25.7. The van der Waals surface area contributed by atoms with Gasteiger partial charge in [0.05, 0.1) is 19.6 Å². The van der Waals surface area contributed by atoms with Gasteiger partial charge in [0.2, 0.25) is 0 Å². The molecular formula is C30H34FN2O4+. The number of piperidine rings is 3. The van der Waals surface area contributed by atoms with Crippen molar-refractivity contribution < 1.29 is 28.2 Å². The predicted octanol–water partition coefficient (Wildman–Crippen LogP) is 5.02. The maximum absolute atomic E-state index is 13.5. The topological polar surface area (TPSA) is 59.0 Å². The minimum absolute atomic E-state index is 0.137. The van der Waals surface area contributed by atoms with Gasteiger partial charge < -0.3 is 19.1 Å². The van der Waals surface area contributed by atoms with Crippen LogP contribution in [0.1, 0.15) is 18.4 Å². The first-order valence-electron chi connectivity index (χ1n) is 13.0. The number of nitrogens with zero attached hydrogens (tertiary/aromatic N) is 2. The molecule has 2 atom stereocenters. The smallest absolute Gasteiger partial charge is 0.415 e. The first-order chi connectivity index (χ1) is 18.0. The average molecular weight is 506 g/mol. The molecule has 3 heterocycles. The van der Waals surface area contributed by atoms with Gasteiger partial charge in [-0.05, 0) is 42.0 Å². The van der Waals surface area contributed by atoms with E-state index in [-0.39, 0.29) is 24.6 Å². The number of halogens is 1. The number of ether oxygens (including phenoxy) is 2. The van der Waals surface area contributed by atoms with E-state index in [9.17, 15) is 14.3 Å². The van der Waals surface area contributed by atoms with Crippen molar-refractivity contribution in [3.8, 4) is 5.75 Å². The largest absolute Gasteiger partial charge is 0.491 e. The number of rotatable bonds is 9. The summed E-state index contributed by atoms with van der Waals surface area (Å²) in [4.78, 5) is 15.2. The van der Waals surface area contributed by atoms with Crippen LogP contribution in [0.2, 0.25) is 0 Å². The summed E-state index contributed by atoms with van der Waals surface area (Å²) in [6.45, 7) is 3.71. The summed E-state index contributed by atoms with van der Waals surface area (Å²) >= 11 is 0. The standard InChI is InChI=1S/C30H34FN2O4/c31-25-11-13-28(14-12-25)36-22-27(34)20-33-17-15-24(16-18-33)29(21-33)37-30(35)32(26-9-5-2-6-10-26)19-23-7-3-1-4-8-23/h1-14,24,27,29,34H,15-22H2/q+1. The molecule has 194 valence electrons. The van der Waals surface area contributed by atoms with Crippen molar-refractivity contribution in [2.75, 3.05) is 37.7 Å². The number of benzene rings is 3. The van der Waals surface area contributed by atoms with Crippen LogP contribution in [0.25, 0.3) is 0 Å². The van der Waals surface area contributed by atoms with E-state index in [0.717, 1.165) is 37.2 Å². The fraction of sp³-hybridized carbons (Fsp3) is 0.367. The number of hydrogen-bond acceptors (Lipinski definition) is 4. The van der Waals surface area contributed by atoms with Crippen molar-refractivity contribution in [2.24, 2.45) is 5.92 Å². The molecule has 0 aliphatic carbocycles. The molecule has 3 saturated heterocycles. The summed E-state index contributed by atoms with van der Waals surface area (Å²) in [5.41, 5.74) is 1.83. The Bertz CT molecular complexity index is 1150. The predicted molar refractivity (Wildman–Crippen MR) is 140 cm³/mol. The summed E-state index contributed by atoms with van der Waals surface area (Å²) in [6.07, 6.45) is 0.727. The maximum atomic E-state index is 13.5. The van der Waals surface area contributed by atoms with Gasteiger partial charge in [-0.25, -0.2) is 9.18 Å². The average Bonchev–Trinajstić information content (AvgIpc) is 2.93. The van der Waals surface area contributed by atoms with E-state index >= 15 is 0 Å². The molecule has 2 bridgehead atoms. The Hall–Kier alpha value is -3.42.